The van der Waals surface area contributed by atoms with Crippen LogP contribution in [0.4, 0.5) is 4.39 Å². The number of halogens is 2. The molecule has 2 rings (SSSR count). The van der Waals surface area contributed by atoms with Gasteiger partial charge in [-0.3, -0.25) is 4.99 Å². The van der Waals surface area contributed by atoms with Crippen LogP contribution in [0.3, 0.4) is 0 Å². The summed E-state index contributed by atoms with van der Waals surface area (Å²) in [5.41, 5.74) is 3.26. The van der Waals surface area contributed by atoms with Gasteiger partial charge in [0.15, 0.2) is 0 Å². The van der Waals surface area contributed by atoms with Gasteiger partial charge in [-0.25, -0.2) is 10.2 Å². The Morgan fingerprint density at radius 2 is 2.06 bits per heavy atom. The van der Waals surface area contributed by atoms with Crippen LogP contribution in [-0.2, 0) is 0 Å². The lowest BCUT2D eigenvalue weighted by Crippen LogP contribution is -2.32. The van der Waals surface area contributed by atoms with E-state index in [-0.39, 0.29) is 5.82 Å². The van der Waals surface area contributed by atoms with Crippen molar-refractivity contribution in [3.63, 3.8) is 0 Å². The molecule has 18 heavy (non-hydrogen) atoms. The molecule has 1 aliphatic rings. The molecule has 1 saturated carbocycles. The molecule has 0 bridgehead atoms. The predicted molar refractivity (Wildman–Crippen MR) is 74.8 cm³/mol. The Hall–Kier alpha value is -0.940. The van der Waals surface area contributed by atoms with E-state index in [1.165, 1.54) is 25.3 Å². The molecule has 3 nitrogen and oxygen atoms in total. The lowest BCUT2D eigenvalue weighted by atomic mass is 9.96. The molecule has 1 aromatic rings. The lowest BCUT2D eigenvalue weighted by molar-refractivity contribution is 0.442. The van der Waals surface area contributed by atoms with E-state index in [0.717, 1.165) is 12.8 Å². The number of amidine groups is 1. The first kappa shape index (κ1) is 13.5. The average Bonchev–Trinajstić information content (AvgIpc) is 2.40. The summed E-state index contributed by atoms with van der Waals surface area (Å²) < 4.78 is 13.9. The fraction of sp³-hybridized carbons (Fsp3) is 0.462. The van der Waals surface area contributed by atoms with Crippen LogP contribution in [0.15, 0.2) is 27.7 Å². The maximum absolute atomic E-state index is 13.5. The van der Waals surface area contributed by atoms with Gasteiger partial charge in [0.1, 0.15) is 11.7 Å². The summed E-state index contributed by atoms with van der Waals surface area (Å²) in [7, 11) is 0. The molecular weight excluding hydrogens is 297 g/mol. The number of aliphatic imine (C=N–C) groups is 1. The van der Waals surface area contributed by atoms with E-state index in [2.05, 4.69) is 26.3 Å². The molecule has 0 aromatic heterocycles. The summed E-state index contributed by atoms with van der Waals surface area (Å²) in [6.45, 7) is 0. The zero-order valence-corrected chi connectivity index (χ0v) is 11.7. The van der Waals surface area contributed by atoms with Crippen molar-refractivity contribution in [3.8, 4) is 0 Å². The molecule has 5 heteroatoms. The van der Waals surface area contributed by atoms with Gasteiger partial charge >= 0.3 is 0 Å². The van der Waals surface area contributed by atoms with E-state index < -0.39 is 0 Å². The second-order valence-corrected chi connectivity index (χ2v) is 5.40. The molecule has 0 amide bonds. The van der Waals surface area contributed by atoms with Crippen molar-refractivity contribution in [2.24, 2.45) is 10.8 Å². The number of nitrogens with two attached hydrogens (primary N) is 1. The van der Waals surface area contributed by atoms with Crippen LogP contribution < -0.4 is 11.3 Å². The molecule has 1 aliphatic carbocycles. The lowest BCUT2D eigenvalue weighted by Gasteiger charge is -2.19. The Labute approximate surface area is 115 Å². The fourth-order valence-electron chi connectivity index (χ4n) is 2.23. The molecule has 0 unspecified atom stereocenters. The molecule has 0 aliphatic heterocycles. The topological polar surface area (TPSA) is 50.4 Å². The van der Waals surface area contributed by atoms with Crippen LogP contribution >= 0.6 is 15.9 Å². The number of nitrogens with one attached hydrogen (secondary N) is 1. The monoisotopic (exact) mass is 313 g/mol. The zero-order valence-electron chi connectivity index (χ0n) is 10.1. The summed E-state index contributed by atoms with van der Waals surface area (Å²) in [6, 6.07) is 5.20. The van der Waals surface area contributed by atoms with E-state index >= 15 is 0 Å². The van der Waals surface area contributed by atoms with E-state index in [1.54, 1.807) is 12.1 Å². The van der Waals surface area contributed by atoms with Gasteiger partial charge in [-0.2, -0.15) is 0 Å². The first-order chi connectivity index (χ1) is 8.70. The van der Waals surface area contributed by atoms with Crippen LogP contribution in [0, 0.1) is 5.82 Å². The van der Waals surface area contributed by atoms with Gasteiger partial charge in [0, 0.05) is 5.56 Å². The van der Waals surface area contributed by atoms with Crippen LogP contribution in [0.1, 0.15) is 37.7 Å². The number of hydrogen-bond acceptors (Lipinski definition) is 2. The molecule has 0 heterocycles. The van der Waals surface area contributed by atoms with Crippen LogP contribution in [0.5, 0.6) is 0 Å². The minimum atomic E-state index is -0.306. The molecule has 3 N–H and O–H groups in total. The van der Waals surface area contributed by atoms with Crippen molar-refractivity contribution < 1.29 is 4.39 Å². The van der Waals surface area contributed by atoms with Crippen molar-refractivity contribution in [1.82, 2.24) is 5.43 Å². The second kappa shape index (κ2) is 6.29. The van der Waals surface area contributed by atoms with Crippen molar-refractivity contribution in [3.05, 3.63) is 34.1 Å². The standard InChI is InChI=1S/C13H17BrFN3/c14-11-7-6-9(8-12(11)15)13(18-16)17-10-4-2-1-3-5-10/h6-8,10H,1-5,16H2,(H,17,18). The molecule has 1 aromatic carbocycles. The van der Waals surface area contributed by atoms with E-state index in [1.807, 2.05) is 0 Å². The molecule has 0 spiro atoms. The second-order valence-electron chi connectivity index (χ2n) is 4.54. The van der Waals surface area contributed by atoms with E-state index in [4.69, 9.17) is 5.84 Å². The molecule has 0 saturated heterocycles. The largest absolute Gasteiger partial charge is 0.308 e. The third kappa shape index (κ3) is 3.29. The Kier molecular flexibility index (Phi) is 4.72. The van der Waals surface area contributed by atoms with Crippen LogP contribution in [0.25, 0.3) is 0 Å². The van der Waals surface area contributed by atoms with Crippen LogP contribution in [-0.4, -0.2) is 11.9 Å². The number of hydrazine groups is 1. The minimum Gasteiger partial charge on any atom is -0.308 e. The summed E-state index contributed by atoms with van der Waals surface area (Å²) in [6.07, 6.45) is 5.88. The summed E-state index contributed by atoms with van der Waals surface area (Å²) in [5.74, 6) is 5.75. The smallest absolute Gasteiger partial charge is 0.142 e. The van der Waals surface area contributed by atoms with Crippen LogP contribution in [0.2, 0.25) is 0 Å². The maximum Gasteiger partial charge on any atom is 0.142 e. The highest BCUT2D eigenvalue weighted by atomic mass is 79.9. The maximum atomic E-state index is 13.5. The van der Waals surface area contributed by atoms with Gasteiger partial charge in [-0.05, 0) is 47.0 Å². The first-order valence-corrected chi connectivity index (χ1v) is 7.00. The van der Waals surface area contributed by atoms with Gasteiger partial charge in [0.2, 0.25) is 0 Å². The van der Waals surface area contributed by atoms with Gasteiger partial charge in [0.05, 0.1) is 10.5 Å². The van der Waals surface area contributed by atoms with Gasteiger partial charge in [0.25, 0.3) is 0 Å². The summed E-state index contributed by atoms with van der Waals surface area (Å²) >= 11 is 3.13. The van der Waals surface area contributed by atoms with Gasteiger partial charge < -0.3 is 5.43 Å². The number of hydrogen-bond donors (Lipinski definition) is 2. The zero-order chi connectivity index (χ0) is 13.0. The molecule has 0 atom stereocenters. The highest BCUT2D eigenvalue weighted by Crippen LogP contribution is 2.21. The number of rotatable bonds is 2. The molecule has 1 fully saturated rings. The highest BCUT2D eigenvalue weighted by molar-refractivity contribution is 9.10. The van der Waals surface area contributed by atoms with Gasteiger partial charge in [-0.15, -0.1) is 0 Å². The Balaban J connectivity index is 2.20. The van der Waals surface area contributed by atoms with E-state index in [0.29, 0.717) is 21.9 Å². The normalized spacial score (nSPS) is 17.8. The predicted octanol–water partition coefficient (Wildman–Crippen LogP) is 3.13. The molecule has 98 valence electrons. The molecule has 0 radical (unpaired) electrons. The quantitative estimate of drug-likeness (QED) is 0.381. The van der Waals surface area contributed by atoms with Crippen molar-refractivity contribution >= 4 is 21.8 Å². The average molecular weight is 314 g/mol. The van der Waals surface area contributed by atoms with Crippen molar-refractivity contribution in [2.45, 2.75) is 38.1 Å². The number of benzene rings is 1. The molecular formula is C13H17BrFN3. The van der Waals surface area contributed by atoms with Crippen molar-refractivity contribution in [2.75, 3.05) is 0 Å². The Morgan fingerprint density at radius 1 is 1.33 bits per heavy atom. The Morgan fingerprint density at radius 3 is 2.67 bits per heavy atom. The van der Waals surface area contributed by atoms with Gasteiger partial charge in [-0.1, -0.05) is 19.3 Å². The Bertz CT molecular complexity index is 442. The number of nitrogens with zero attached hydrogens (tertiary/aromatic N) is 1. The fourth-order valence-corrected chi connectivity index (χ4v) is 2.48. The minimum absolute atomic E-state index is 0.302. The third-order valence-corrected chi connectivity index (χ3v) is 3.86. The summed E-state index contributed by atoms with van der Waals surface area (Å²) in [5, 5.41) is 0. The summed E-state index contributed by atoms with van der Waals surface area (Å²) in [4.78, 5) is 4.59. The van der Waals surface area contributed by atoms with E-state index in [9.17, 15) is 4.39 Å². The first-order valence-electron chi connectivity index (χ1n) is 6.20. The third-order valence-electron chi connectivity index (χ3n) is 3.22. The highest BCUT2D eigenvalue weighted by Gasteiger charge is 2.14. The SMILES string of the molecule is NNC(=NC1CCCCC1)c1ccc(Br)c(F)c1. The van der Waals surface area contributed by atoms with Crippen molar-refractivity contribution in [1.29, 1.82) is 0 Å².